The SMILES string of the molecule is COc1ccc(N(Cc2ccc(F)cc2)C(=O)c2cc3ccccc3oc2=O)cc1. The van der Waals surface area contributed by atoms with Gasteiger partial charge in [0, 0.05) is 11.1 Å². The van der Waals surface area contributed by atoms with Crippen molar-refractivity contribution < 1.29 is 18.3 Å². The van der Waals surface area contributed by atoms with Gasteiger partial charge in [0.1, 0.15) is 22.7 Å². The number of amides is 1. The third-order valence-electron chi connectivity index (χ3n) is 4.76. The van der Waals surface area contributed by atoms with Crippen LogP contribution in [0.1, 0.15) is 15.9 Å². The molecule has 4 aromatic rings. The maximum absolute atomic E-state index is 13.4. The minimum Gasteiger partial charge on any atom is -0.497 e. The zero-order valence-electron chi connectivity index (χ0n) is 16.2. The molecule has 6 heteroatoms. The number of hydrogen-bond donors (Lipinski definition) is 0. The lowest BCUT2D eigenvalue weighted by atomic mass is 10.1. The molecule has 4 rings (SSSR count). The van der Waals surface area contributed by atoms with E-state index >= 15 is 0 Å². The summed E-state index contributed by atoms with van der Waals surface area (Å²) in [5, 5.41) is 0.650. The van der Waals surface area contributed by atoms with Gasteiger partial charge in [0.15, 0.2) is 0 Å². The van der Waals surface area contributed by atoms with Gasteiger partial charge in [-0.3, -0.25) is 4.79 Å². The first-order valence-corrected chi connectivity index (χ1v) is 9.28. The third-order valence-corrected chi connectivity index (χ3v) is 4.76. The van der Waals surface area contributed by atoms with Crippen LogP contribution in [0.25, 0.3) is 11.0 Å². The summed E-state index contributed by atoms with van der Waals surface area (Å²) in [6.45, 7) is 0.151. The van der Waals surface area contributed by atoms with Crippen molar-refractivity contribution in [3.05, 3.63) is 106 Å². The van der Waals surface area contributed by atoms with Gasteiger partial charge in [0.2, 0.25) is 0 Å². The number of nitrogens with zero attached hydrogens (tertiary/aromatic N) is 1. The summed E-state index contributed by atoms with van der Waals surface area (Å²) in [7, 11) is 1.55. The van der Waals surface area contributed by atoms with Gasteiger partial charge >= 0.3 is 5.63 Å². The molecule has 0 saturated carbocycles. The summed E-state index contributed by atoms with van der Waals surface area (Å²) in [6.07, 6.45) is 0. The predicted octanol–water partition coefficient (Wildman–Crippen LogP) is 4.79. The number of hydrogen-bond acceptors (Lipinski definition) is 4. The molecule has 1 amide bonds. The van der Waals surface area contributed by atoms with Gasteiger partial charge in [-0.1, -0.05) is 30.3 Å². The highest BCUT2D eigenvalue weighted by Gasteiger charge is 2.22. The highest BCUT2D eigenvalue weighted by atomic mass is 19.1. The Kier molecular flexibility index (Phi) is 5.30. The Bertz CT molecular complexity index is 1250. The van der Waals surface area contributed by atoms with Crippen molar-refractivity contribution in [3.63, 3.8) is 0 Å². The van der Waals surface area contributed by atoms with Gasteiger partial charge in [0.05, 0.1) is 13.7 Å². The van der Waals surface area contributed by atoms with E-state index in [9.17, 15) is 14.0 Å². The fourth-order valence-corrected chi connectivity index (χ4v) is 3.17. The number of benzene rings is 3. The Hall–Kier alpha value is -3.93. The van der Waals surface area contributed by atoms with E-state index in [4.69, 9.17) is 9.15 Å². The van der Waals surface area contributed by atoms with Crippen molar-refractivity contribution in [2.75, 3.05) is 12.0 Å². The molecule has 3 aromatic carbocycles. The Morgan fingerprint density at radius 1 is 1.00 bits per heavy atom. The van der Waals surface area contributed by atoms with Gasteiger partial charge in [-0.15, -0.1) is 0 Å². The molecular formula is C24H18FNO4. The number of carbonyl (C=O) groups is 1. The van der Waals surface area contributed by atoms with Crippen LogP contribution in [0.15, 0.2) is 88.1 Å². The number of methoxy groups -OCH3 is 1. The normalized spacial score (nSPS) is 10.7. The third kappa shape index (κ3) is 3.93. The van der Waals surface area contributed by atoms with Crippen molar-refractivity contribution >= 4 is 22.6 Å². The standard InChI is InChI=1S/C24H18FNO4/c1-29-20-12-10-19(11-13-20)26(15-16-6-8-18(25)9-7-16)23(27)21-14-17-4-2-3-5-22(17)30-24(21)28/h2-14H,15H2,1H3. The average molecular weight is 403 g/mol. The van der Waals surface area contributed by atoms with E-state index < -0.39 is 11.5 Å². The molecule has 30 heavy (non-hydrogen) atoms. The van der Waals surface area contributed by atoms with Gasteiger partial charge in [-0.2, -0.15) is 0 Å². The molecule has 0 bridgehead atoms. The maximum atomic E-state index is 13.4. The van der Waals surface area contributed by atoms with E-state index in [1.165, 1.54) is 23.1 Å². The number of halogens is 1. The lowest BCUT2D eigenvalue weighted by Gasteiger charge is -2.23. The van der Waals surface area contributed by atoms with E-state index in [2.05, 4.69) is 0 Å². The second-order valence-corrected chi connectivity index (χ2v) is 6.70. The zero-order chi connectivity index (χ0) is 21.1. The van der Waals surface area contributed by atoms with E-state index in [1.54, 1.807) is 67.8 Å². The first-order valence-electron chi connectivity index (χ1n) is 9.28. The first kappa shape index (κ1) is 19.4. The lowest BCUT2D eigenvalue weighted by Crippen LogP contribution is -2.33. The highest BCUT2D eigenvalue weighted by molar-refractivity contribution is 6.07. The van der Waals surface area contributed by atoms with Crippen molar-refractivity contribution in [1.82, 2.24) is 0 Å². The van der Waals surface area contributed by atoms with Crippen LogP contribution >= 0.6 is 0 Å². The van der Waals surface area contributed by atoms with E-state index in [1.807, 2.05) is 0 Å². The molecule has 0 aliphatic carbocycles. The second-order valence-electron chi connectivity index (χ2n) is 6.70. The van der Waals surface area contributed by atoms with Crippen LogP contribution in [0.4, 0.5) is 10.1 Å². The Balaban J connectivity index is 1.77. The molecule has 0 fully saturated rings. The van der Waals surface area contributed by atoms with Crippen LogP contribution in [-0.4, -0.2) is 13.0 Å². The van der Waals surface area contributed by atoms with E-state index in [-0.39, 0.29) is 17.9 Å². The van der Waals surface area contributed by atoms with Crippen molar-refractivity contribution in [3.8, 4) is 5.75 Å². The summed E-state index contributed by atoms with van der Waals surface area (Å²) in [6, 6.07) is 21.3. The summed E-state index contributed by atoms with van der Waals surface area (Å²) >= 11 is 0. The maximum Gasteiger partial charge on any atom is 0.349 e. The topological polar surface area (TPSA) is 59.8 Å². The highest BCUT2D eigenvalue weighted by Crippen LogP contribution is 2.24. The zero-order valence-corrected chi connectivity index (χ0v) is 16.2. The molecule has 0 aliphatic rings. The Labute approximate surface area is 171 Å². The molecule has 0 unspecified atom stereocenters. The van der Waals surface area contributed by atoms with Crippen LogP contribution in [0.3, 0.4) is 0 Å². The van der Waals surface area contributed by atoms with Crippen molar-refractivity contribution in [2.24, 2.45) is 0 Å². The molecule has 1 aromatic heterocycles. The molecule has 0 saturated heterocycles. The minimum absolute atomic E-state index is 0.0772. The largest absolute Gasteiger partial charge is 0.497 e. The fraction of sp³-hybridized carbons (Fsp3) is 0.0833. The molecule has 0 aliphatic heterocycles. The second kappa shape index (κ2) is 8.21. The molecule has 0 atom stereocenters. The molecule has 1 heterocycles. The van der Waals surface area contributed by atoms with Gasteiger partial charge < -0.3 is 14.1 Å². The predicted molar refractivity (Wildman–Crippen MR) is 112 cm³/mol. The van der Waals surface area contributed by atoms with Gasteiger partial charge in [-0.05, 0) is 54.1 Å². The van der Waals surface area contributed by atoms with Crippen LogP contribution in [0.2, 0.25) is 0 Å². The number of anilines is 1. The summed E-state index contributed by atoms with van der Waals surface area (Å²) < 4.78 is 23.8. The van der Waals surface area contributed by atoms with Crippen molar-refractivity contribution in [1.29, 1.82) is 0 Å². The van der Waals surface area contributed by atoms with Crippen LogP contribution in [0, 0.1) is 5.82 Å². The summed E-state index contributed by atoms with van der Waals surface area (Å²) in [5.41, 5.74) is 0.903. The molecule has 0 radical (unpaired) electrons. The molecule has 150 valence electrons. The number of para-hydroxylation sites is 1. The van der Waals surface area contributed by atoms with E-state index in [0.717, 1.165) is 0 Å². The van der Waals surface area contributed by atoms with E-state index in [0.29, 0.717) is 28.0 Å². The molecule has 5 nitrogen and oxygen atoms in total. The Morgan fingerprint density at radius 2 is 1.70 bits per heavy atom. The smallest absolute Gasteiger partial charge is 0.349 e. The molecule has 0 spiro atoms. The fourth-order valence-electron chi connectivity index (χ4n) is 3.17. The summed E-state index contributed by atoms with van der Waals surface area (Å²) in [5.74, 6) is -0.238. The number of carbonyl (C=O) groups excluding carboxylic acids is 1. The number of ether oxygens (including phenoxy) is 1. The van der Waals surface area contributed by atoms with Gasteiger partial charge in [0.25, 0.3) is 5.91 Å². The van der Waals surface area contributed by atoms with Crippen LogP contribution < -0.4 is 15.3 Å². The van der Waals surface area contributed by atoms with Crippen molar-refractivity contribution in [2.45, 2.75) is 6.54 Å². The number of fused-ring (bicyclic) bond motifs is 1. The molecule has 0 N–H and O–H groups in total. The minimum atomic E-state index is -0.712. The average Bonchev–Trinajstić information content (AvgIpc) is 2.78. The van der Waals surface area contributed by atoms with Crippen LogP contribution in [0.5, 0.6) is 5.75 Å². The summed E-state index contributed by atoms with van der Waals surface area (Å²) in [4.78, 5) is 27.4. The number of rotatable bonds is 5. The monoisotopic (exact) mass is 403 g/mol. The first-order chi connectivity index (χ1) is 14.5. The lowest BCUT2D eigenvalue weighted by molar-refractivity contribution is 0.0981. The Morgan fingerprint density at radius 3 is 2.40 bits per heavy atom. The quantitative estimate of drug-likeness (QED) is 0.450. The molecular weight excluding hydrogens is 385 g/mol. The van der Waals surface area contributed by atoms with Crippen LogP contribution in [-0.2, 0) is 6.54 Å². The van der Waals surface area contributed by atoms with Gasteiger partial charge in [-0.25, -0.2) is 9.18 Å².